The number of amides is 1. The molecule has 24 heavy (non-hydrogen) atoms. The van der Waals surface area contributed by atoms with Crippen LogP contribution in [-0.2, 0) is 9.53 Å². The molecule has 0 aliphatic carbocycles. The smallest absolute Gasteiger partial charge is 0.243 e. The van der Waals surface area contributed by atoms with Gasteiger partial charge < -0.3 is 20.1 Å². The van der Waals surface area contributed by atoms with Crippen molar-refractivity contribution in [2.45, 2.75) is 0 Å². The lowest BCUT2D eigenvalue weighted by molar-refractivity contribution is -0.114. The molecule has 0 bridgehead atoms. The molecule has 0 aliphatic rings. The van der Waals surface area contributed by atoms with Gasteiger partial charge in [-0.2, -0.15) is 0 Å². The van der Waals surface area contributed by atoms with Crippen molar-refractivity contribution in [1.82, 2.24) is 0 Å². The first-order chi connectivity index (χ1) is 11.6. The molecule has 0 saturated heterocycles. The second-order valence-corrected chi connectivity index (χ2v) is 5.71. The average Bonchev–Trinajstić information content (AvgIpc) is 2.58. The molecule has 0 fully saturated rings. The maximum absolute atomic E-state index is 12.0. The van der Waals surface area contributed by atoms with Gasteiger partial charge >= 0.3 is 0 Å². The molecule has 7 heteroatoms. The van der Waals surface area contributed by atoms with E-state index < -0.39 is 0 Å². The van der Waals surface area contributed by atoms with Crippen molar-refractivity contribution in [3.8, 4) is 5.75 Å². The monoisotopic (exact) mass is 368 g/mol. The maximum Gasteiger partial charge on any atom is 0.243 e. The lowest BCUT2D eigenvalue weighted by Gasteiger charge is -2.10. The zero-order chi connectivity index (χ0) is 17.4. The predicted molar refractivity (Wildman–Crippen MR) is 97.4 cm³/mol. The Kier molecular flexibility index (Phi) is 7.18. The van der Waals surface area contributed by atoms with Gasteiger partial charge in [-0.3, -0.25) is 4.79 Å². The van der Waals surface area contributed by atoms with Crippen LogP contribution in [0.15, 0.2) is 42.5 Å². The highest BCUT2D eigenvalue weighted by molar-refractivity contribution is 6.42. The molecule has 0 unspecified atom stereocenters. The number of benzene rings is 2. The summed E-state index contributed by atoms with van der Waals surface area (Å²) < 4.78 is 10.4. The number of carbonyl (C=O) groups excluding carboxylic acids is 1. The van der Waals surface area contributed by atoms with Gasteiger partial charge in [0.2, 0.25) is 5.91 Å². The van der Waals surface area contributed by atoms with E-state index in [-0.39, 0.29) is 12.5 Å². The molecule has 0 radical (unpaired) electrons. The Balaban J connectivity index is 1.80. The molecule has 0 aromatic heterocycles. The highest BCUT2D eigenvalue weighted by atomic mass is 35.5. The van der Waals surface area contributed by atoms with Crippen LogP contribution in [0.25, 0.3) is 0 Å². The fourth-order valence-electron chi connectivity index (χ4n) is 1.87. The van der Waals surface area contributed by atoms with Crippen LogP contribution in [0.1, 0.15) is 0 Å². The van der Waals surface area contributed by atoms with E-state index in [9.17, 15) is 4.79 Å². The first-order valence-electron chi connectivity index (χ1n) is 7.29. The minimum atomic E-state index is -0.172. The van der Waals surface area contributed by atoms with E-state index in [4.69, 9.17) is 32.7 Å². The summed E-state index contributed by atoms with van der Waals surface area (Å²) in [6, 6.07) is 12.2. The number of carbonyl (C=O) groups is 1. The number of anilines is 2. The van der Waals surface area contributed by atoms with E-state index in [0.717, 1.165) is 11.4 Å². The Morgan fingerprint density at radius 1 is 1.00 bits per heavy atom. The van der Waals surface area contributed by atoms with E-state index in [1.54, 1.807) is 49.6 Å². The van der Waals surface area contributed by atoms with Crippen LogP contribution in [0.3, 0.4) is 0 Å². The largest absolute Gasteiger partial charge is 0.491 e. The van der Waals surface area contributed by atoms with Gasteiger partial charge in [-0.25, -0.2) is 0 Å². The summed E-state index contributed by atoms with van der Waals surface area (Å²) in [5.74, 6) is 0.549. The molecule has 2 aromatic carbocycles. The van der Waals surface area contributed by atoms with Crippen LogP contribution < -0.4 is 15.4 Å². The third-order valence-electron chi connectivity index (χ3n) is 3.07. The minimum Gasteiger partial charge on any atom is -0.491 e. The summed E-state index contributed by atoms with van der Waals surface area (Å²) in [5, 5.41) is 6.68. The van der Waals surface area contributed by atoms with Gasteiger partial charge in [-0.15, -0.1) is 0 Å². The summed E-state index contributed by atoms with van der Waals surface area (Å²) in [5.41, 5.74) is 1.41. The number of halogens is 2. The van der Waals surface area contributed by atoms with Crippen LogP contribution in [0.4, 0.5) is 11.4 Å². The van der Waals surface area contributed by atoms with Crippen molar-refractivity contribution in [2.24, 2.45) is 0 Å². The SMILES string of the molecule is COCCOc1ccc(NC(=O)CNc2ccc(Cl)c(Cl)c2)cc1. The van der Waals surface area contributed by atoms with Gasteiger partial charge in [0.1, 0.15) is 12.4 Å². The van der Waals surface area contributed by atoms with Crippen LogP contribution in [0.2, 0.25) is 10.0 Å². The molecule has 128 valence electrons. The van der Waals surface area contributed by atoms with Crippen molar-refractivity contribution < 1.29 is 14.3 Å². The average molecular weight is 369 g/mol. The lowest BCUT2D eigenvalue weighted by Crippen LogP contribution is -2.21. The number of ether oxygens (including phenoxy) is 2. The molecule has 0 atom stereocenters. The minimum absolute atomic E-state index is 0.115. The highest BCUT2D eigenvalue weighted by Gasteiger charge is 2.04. The molecule has 0 aliphatic heterocycles. The summed E-state index contributed by atoms with van der Waals surface area (Å²) in [6.45, 7) is 1.12. The fraction of sp³-hybridized carbons (Fsp3) is 0.235. The van der Waals surface area contributed by atoms with Crippen molar-refractivity contribution in [3.05, 3.63) is 52.5 Å². The van der Waals surface area contributed by atoms with Gasteiger partial charge in [0.05, 0.1) is 23.2 Å². The number of methoxy groups -OCH3 is 1. The first-order valence-corrected chi connectivity index (χ1v) is 8.04. The van der Waals surface area contributed by atoms with Crippen molar-refractivity contribution >= 4 is 40.5 Å². The van der Waals surface area contributed by atoms with Gasteiger partial charge in [0, 0.05) is 18.5 Å². The molecule has 2 rings (SSSR count). The molecule has 0 spiro atoms. The Morgan fingerprint density at radius 2 is 1.71 bits per heavy atom. The summed E-state index contributed by atoms with van der Waals surface area (Å²) in [7, 11) is 1.62. The maximum atomic E-state index is 12.0. The molecular formula is C17H18Cl2N2O3. The topological polar surface area (TPSA) is 59.6 Å². The van der Waals surface area contributed by atoms with Gasteiger partial charge in [-0.05, 0) is 42.5 Å². The zero-order valence-electron chi connectivity index (χ0n) is 13.1. The number of hydrogen-bond donors (Lipinski definition) is 2. The number of rotatable bonds is 8. The van der Waals surface area contributed by atoms with Crippen molar-refractivity contribution in [3.63, 3.8) is 0 Å². The van der Waals surface area contributed by atoms with E-state index in [1.807, 2.05) is 0 Å². The molecular weight excluding hydrogens is 351 g/mol. The zero-order valence-corrected chi connectivity index (χ0v) is 14.7. The second-order valence-electron chi connectivity index (χ2n) is 4.90. The number of nitrogens with one attached hydrogen (secondary N) is 2. The Labute approximate surface area is 150 Å². The van der Waals surface area contributed by atoms with Crippen LogP contribution >= 0.6 is 23.2 Å². The Hall–Kier alpha value is -1.95. The molecule has 0 heterocycles. The second kappa shape index (κ2) is 9.37. The quantitative estimate of drug-likeness (QED) is 0.689. The highest BCUT2D eigenvalue weighted by Crippen LogP contribution is 2.24. The van der Waals surface area contributed by atoms with Crippen LogP contribution in [-0.4, -0.2) is 32.8 Å². The molecule has 5 nitrogen and oxygen atoms in total. The molecule has 0 saturated carbocycles. The fourth-order valence-corrected chi connectivity index (χ4v) is 2.17. The molecule has 1 amide bonds. The van der Waals surface area contributed by atoms with Crippen molar-refractivity contribution in [1.29, 1.82) is 0 Å². The normalized spacial score (nSPS) is 10.3. The number of hydrogen-bond acceptors (Lipinski definition) is 4. The summed E-state index contributed by atoms with van der Waals surface area (Å²) in [4.78, 5) is 12.0. The Morgan fingerprint density at radius 3 is 2.38 bits per heavy atom. The predicted octanol–water partition coefficient (Wildman–Crippen LogP) is 4.07. The van der Waals surface area contributed by atoms with Crippen LogP contribution in [0, 0.1) is 0 Å². The van der Waals surface area contributed by atoms with E-state index in [0.29, 0.717) is 28.9 Å². The Bertz CT molecular complexity index is 678. The van der Waals surface area contributed by atoms with Crippen LogP contribution in [0.5, 0.6) is 5.75 Å². The standard InChI is InChI=1S/C17H18Cl2N2O3/c1-23-8-9-24-14-5-2-12(3-6-14)21-17(22)11-20-13-4-7-15(18)16(19)10-13/h2-7,10,20H,8-9,11H2,1H3,(H,21,22). The van der Waals surface area contributed by atoms with Gasteiger partial charge in [0.25, 0.3) is 0 Å². The van der Waals surface area contributed by atoms with Gasteiger partial charge in [-0.1, -0.05) is 23.2 Å². The van der Waals surface area contributed by atoms with E-state index in [1.165, 1.54) is 0 Å². The summed E-state index contributed by atoms with van der Waals surface area (Å²) in [6.07, 6.45) is 0. The summed E-state index contributed by atoms with van der Waals surface area (Å²) >= 11 is 11.8. The van der Waals surface area contributed by atoms with Crippen molar-refractivity contribution in [2.75, 3.05) is 37.5 Å². The molecule has 2 aromatic rings. The van der Waals surface area contributed by atoms with E-state index >= 15 is 0 Å². The lowest BCUT2D eigenvalue weighted by atomic mass is 10.3. The third-order valence-corrected chi connectivity index (χ3v) is 3.81. The first kappa shape index (κ1) is 18.4. The molecule has 2 N–H and O–H groups in total. The van der Waals surface area contributed by atoms with E-state index in [2.05, 4.69) is 10.6 Å². The third kappa shape index (κ3) is 5.92. The van der Waals surface area contributed by atoms with Gasteiger partial charge in [0.15, 0.2) is 0 Å².